The smallest absolute Gasteiger partial charge is 0.172 e. The summed E-state index contributed by atoms with van der Waals surface area (Å²) in [6.45, 7) is 0. The maximum absolute atomic E-state index is 12.1. The summed E-state index contributed by atoms with van der Waals surface area (Å²) in [4.78, 5) is 12.1. The van der Waals surface area contributed by atoms with E-state index in [1.165, 1.54) is 10.9 Å². The zero-order valence-corrected chi connectivity index (χ0v) is 11.2. The summed E-state index contributed by atoms with van der Waals surface area (Å²) in [5, 5.41) is 4.76. The number of halogens is 2. The molecule has 2 rings (SSSR count). The lowest BCUT2D eigenvalue weighted by molar-refractivity contribution is 0.0994. The summed E-state index contributed by atoms with van der Waals surface area (Å²) in [6.07, 6.45) is 1.60. The Hall–Kier alpha value is -1.52. The Bertz CT molecular complexity index is 607. The first kappa shape index (κ1) is 12.9. The maximum Gasteiger partial charge on any atom is 0.172 e. The Morgan fingerprint density at radius 2 is 2.17 bits per heavy atom. The third kappa shape index (κ3) is 2.35. The molecular formula is C12H11Cl2N3O. The summed E-state index contributed by atoms with van der Waals surface area (Å²) in [5.74, 6) is 0.211. The number of benzene rings is 1. The number of aryl methyl sites for hydroxylation is 1. The summed E-state index contributed by atoms with van der Waals surface area (Å²) in [5.41, 5.74) is 6.82. The standard InChI is InChI=1S/C12H11Cl2N3O/c1-17-12(15)8(6-16-17)10(18)5-7-3-2-4-9(13)11(7)14/h2-4,6H,5,15H2,1H3. The number of carbonyl (C=O) groups excluding carboxylic acids is 1. The Balaban J connectivity index is 2.27. The number of anilines is 1. The number of carbonyl (C=O) groups is 1. The molecule has 0 atom stereocenters. The highest BCUT2D eigenvalue weighted by Crippen LogP contribution is 2.27. The van der Waals surface area contributed by atoms with Crippen LogP contribution >= 0.6 is 23.2 Å². The van der Waals surface area contributed by atoms with E-state index < -0.39 is 0 Å². The van der Waals surface area contributed by atoms with E-state index in [-0.39, 0.29) is 12.2 Å². The van der Waals surface area contributed by atoms with Crippen LogP contribution in [-0.2, 0) is 13.5 Å². The van der Waals surface area contributed by atoms with Crippen LogP contribution in [0.2, 0.25) is 10.0 Å². The highest BCUT2D eigenvalue weighted by atomic mass is 35.5. The molecule has 0 saturated carbocycles. The molecule has 0 fully saturated rings. The Morgan fingerprint density at radius 3 is 2.78 bits per heavy atom. The van der Waals surface area contributed by atoms with Gasteiger partial charge in [0.25, 0.3) is 0 Å². The number of aromatic nitrogens is 2. The molecule has 0 aliphatic heterocycles. The van der Waals surface area contributed by atoms with Gasteiger partial charge < -0.3 is 5.73 Å². The molecule has 1 aromatic heterocycles. The maximum atomic E-state index is 12.1. The molecule has 2 N–H and O–H groups in total. The van der Waals surface area contributed by atoms with Crippen LogP contribution in [0.25, 0.3) is 0 Å². The van der Waals surface area contributed by atoms with E-state index in [0.717, 1.165) is 0 Å². The Morgan fingerprint density at radius 1 is 1.44 bits per heavy atom. The van der Waals surface area contributed by atoms with E-state index in [1.54, 1.807) is 25.2 Å². The fraction of sp³-hybridized carbons (Fsp3) is 0.167. The fourth-order valence-corrected chi connectivity index (χ4v) is 2.00. The molecule has 1 aromatic carbocycles. The molecule has 0 unspecified atom stereocenters. The largest absolute Gasteiger partial charge is 0.383 e. The van der Waals surface area contributed by atoms with Crippen LogP contribution < -0.4 is 5.73 Å². The molecule has 94 valence electrons. The molecule has 0 amide bonds. The minimum atomic E-state index is -0.134. The second-order valence-corrected chi connectivity index (χ2v) is 4.67. The monoisotopic (exact) mass is 283 g/mol. The fourth-order valence-electron chi connectivity index (χ4n) is 1.62. The third-order valence-electron chi connectivity index (χ3n) is 2.67. The molecule has 2 aromatic rings. The van der Waals surface area contributed by atoms with Gasteiger partial charge in [0.2, 0.25) is 0 Å². The zero-order valence-electron chi connectivity index (χ0n) is 9.65. The number of nitrogen functional groups attached to an aromatic ring is 1. The van der Waals surface area contributed by atoms with Crippen LogP contribution in [0.4, 0.5) is 5.82 Å². The molecule has 0 radical (unpaired) electrons. The first-order valence-electron chi connectivity index (χ1n) is 5.24. The van der Waals surface area contributed by atoms with Gasteiger partial charge >= 0.3 is 0 Å². The van der Waals surface area contributed by atoms with Crippen molar-refractivity contribution in [3.05, 3.63) is 45.6 Å². The highest BCUT2D eigenvalue weighted by molar-refractivity contribution is 6.42. The van der Waals surface area contributed by atoms with Crippen molar-refractivity contribution in [3.8, 4) is 0 Å². The van der Waals surface area contributed by atoms with Crippen molar-refractivity contribution < 1.29 is 4.79 Å². The van der Waals surface area contributed by atoms with Gasteiger partial charge in [0, 0.05) is 13.5 Å². The first-order valence-corrected chi connectivity index (χ1v) is 6.00. The minimum absolute atomic E-state index is 0.134. The van der Waals surface area contributed by atoms with E-state index in [9.17, 15) is 4.79 Å². The van der Waals surface area contributed by atoms with Gasteiger partial charge in [-0.2, -0.15) is 5.10 Å². The van der Waals surface area contributed by atoms with Gasteiger partial charge in [-0.3, -0.25) is 9.48 Å². The van der Waals surface area contributed by atoms with E-state index in [4.69, 9.17) is 28.9 Å². The second-order valence-electron chi connectivity index (χ2n) is 3.88. The number of ketones is 1. The third-order valence-corrected chi connectivity index (χ3v) is 3.53. The van der Waals surface area contributed by atoms with Crippen molar-refractivity contribution in [2.45, 2.75) is 6.42 Å². The average Bonchev–Trinajstić information content (AvgIpc) is 2.66. The Labute approximate surface area is 114 Å². The van der Waals surface area contributed by atoms with Crippen LogP contribution in [0, 0.1) is 0 Å². The SMILES string of the molecule is Cn1ncc(C(=O)Cc2cccc(Cl)c2Cl)c1N. The molecule has 0 spiro atoms. The molecule has 4 nitrogen and oxygen atoms in total. The predicted octanol–water partition coefficient (Wildman–Crippen LogP) is 2.73. The minimum Gasteiger partial charge on any atom is -0.383 e. The molecule has 1 heterocycles. The zero-order chi connectivity index (χ0) is 13.3. The first-order chi connectivity index (χ1) is 8.50. The summed E-state index contributed by atoms with van der Waals surface area (Å²) >= 11 is 11.9. The number of nitrogens with zero attached hydrogens (tertiary/aromatic N) is 2. The van der Waals surface area contributed by atoms with Crippen molar-refractivity contribution in [2.75, 3.05) is 5.73 Å². The van der Waals surface area contributed by atoms with Crippen LogP contribution in [-0.4, -0.2) is 15.6 Å². The van der Waals surface area contributed by atoms with Crippen molar-refractivity contribution in [1.82, 2.24) is 9.78 Å². The molecule has 6 heteroatoms. The number of hydrogen-bond donors (Lipinski definition) is 1. The van der Waals surface area contributed by atoms with Crippen molar-refractivity contribution in [3.63, 3.8) is 0 Å². The normalized spacial score (nSPS) is 10.6. The molecule has 0 saturated heterocycles. The molecule has 0 aliphatic carbocycles. The van der Waals surface area contributed by atoms with Gasteiger partial charge in [-0.1, -0.05) is 35.3 Å². The van der Waals surface area contributed by atoms with E-state index in [1.807, 2.05) is 0 Å². The predicted molar refractivity (Wildman–Crippen MR) is 72.1 cm³/mol. The van der Waals surface area contributed by atoms with Gasteiger partial charge in [-0.25, -0.2) is 0 Å². The summed E-state index contributed by atoms with van der Waals surface area (Å²) in [6, 6.07) is 5.19. The van der Waals surface area contributed by atoms with Crippen molar-refractivity contribution in [2.24, 2.45) is 7.05 Å². The van der Waals surface area contributed by atoms with Crippen LogP contribution in [0.15, 0.2) is 24.4 Å². The number of hydrogen-bond acceptors (Lipinski definition) is 3. The lowest BCUT2D eigenvalue weighted by atomic mass is 10.1. The lowest BCUT2D eigenvalue weighted by Crippen LogP contribution is -2.07. The topological polar surface area (TPSA) is 60.9 Å². The average molecular weight is 284 g/mol. The quantitative estimate of drug-likeness (QED) is 0.881. The number of nitrogens with two attached hydrogens (primary N) is 1. The summed E-state index contributed by atoms with van der Waals surface area (Å²) < 4.78 is 1.45. The van der Waals surface area contributed by atoms with Gasteiger partial charge in [0.15, 0.2) is 5.78 Å². The molecule has 18 heavy (non-hydrogen) atoms. The second kappa shape index (κ2) is 5.00. The van der Waals surface area contributed by atoms with Gasteiger partial charge in [0.1, 0.15) is 5.82 Å². The Kier molecular flexibility index (Phi) is 3.59. The summed E-state index contributed by atoms with van der Waals surface area (Å²) in [7, 11) is 1.68. The molecular weight excluding hydrogens is 273 g/mol. The highest BCUT2D eigenvalue weighted by Gasteiger charge is 2.16. The van der Waals surface area contributed by atoms with Crippen molar-refractivity contribution >= 4 is 34.8 Å². The van der Waals surface area contributed by atoms with Gasteiger partial charge in [-0.15, -0.1) is 0 Å². The van der Waals surface area contributed by atoms with Gasteiger partial charge in [0.05, 0.1) is 21.8 Å². The van der Waals surface area contributed by atoms with Crippen molar-refractivity contribution in [1.29, 1.82) is 0 Å². The molecule has 0 bridgehead atoms. The van der Waals surface area contributed by atoms with E-state index in [2.05, 4.69) is 5.10 Å². The number of Topliss-reactive ketones (excluding diaryl/α,β-unsaturated/α-hetero) is 1. The molecule has 0 aliphatic rings. The van der Waals surface area contributed by atoms with Gasteiger partial charge in [-0.05, 0) is 11.6 Å². The van der Waals surface area contributed by atoms with E-state index >= 15 is 0 Å². The van der Waals surface area contributed by atoms with Crippen LogP contribution in [0.1, 0.15) is 15.9 Å². The lowest BCUT2D eigenvalue weighted by Gasteiger charge is -2.04. The van der Waals surface area contributed by atoms with Crippen LogP contribution in [0.5, 0.6) is 0 Å². The van der Waals surface area contributed by atoms with E-state index in [0.29, 0.717) is 27.0 Å². The van der Waals surface area contributed by atoms with Crippen LogP contribution in [0.3, 0.4) is 0 Å². The number of rotatable bonds is 3.